The molecular formula is C28H29N3O5. The maximum atomic E-state index is 13.3. The van der Waals surface area contributed by atoms with E-state index < -0.39 is 0 Å². The summed E-state index contributed by atoms with van der Waals surface area (Å²) in [5.74, 6) is 1.35. The zero-order valence-electron chi connectivity index (χ0n) is 20.6. The number of hydrazone groups is 1. The predicted molar refractivity (Wildman–Crippen MR) is 138 cm³/mol. The maximum Gasteiger partial charge on any atom is 0.243 e. The van der Waals surface area contributed by atoms with E-state index in [0.29, 0.717) is 23.6 Å². The zero-order valence-corrected chi connectivity index (χ0v) is 20.6. The van der Waals surface area contributed by atoms with E-state index in [1.807, 2.05) is 54.6 Å². The number of hydrogen-bond acceptors (Lipinski definition) is 6. The normalized spacial score (nSPS) is 14.7. The van der Waals surface area contributed by atoms with Gasteiger partial charge in [-0.05, 0) is 23.3 Å². The monoisotopic (exact) mass is 487 g/mol. The molecule has 1 aliphatic rings. The van der Waals surface area contributed by atoms with Crippen LogP contribution >= 0.6 is 0 Å². The van der Waals surface area contributed by atoms with Gasteiger partial charge in [0.2, 0.25) is 11.8 Å². The van der Waals surface area contributed by atoms with Gasteiger partial charge in [-0.15, -0.1) is 0 Å². The molecule has 186 valence electrons. The first-order chi connectivity index (χ1) is 17.5. The molecule has 1 heterocycles. The molecule has 1 aliphatic heterocycles. The highest BCUT2D eigenvalue weighted by Gasteiger charge is 2.33. The number of anilines is 1. The van der Waals surface area contributed by atoms with Crippen LogP contribution in [0.15, 0.2) is 77.9 Å². The van der Waals surface area contributed by atoms with Crippen molar-refractivity contribution >= 4 is 23.2 Å². The van der Waals surface area contributed by atoms with Gasteiger partial charge in [0.15, 0.2) is 0 Å². The van der Waals surface area contributed by atoms with Crippen molar-refractivity contribution in [3.63, 3.8) is 0 Å². The molecule has 2 amide bonds. The Kier molecular flexibility index (Phi) is 7.85. The highest BCUT2D eigenvalue weighted by Crippen LogP contribution is 2.34. The van der Waals surface area contributed by atoms with E-state index in [1.165, 1.54) is 5.01 Å². The number of methoxy groups -OCH3 is 3. The quantitative estimate of drug-likeness (QED) is 0.468. The lowest BCUT2D eigenvalue weighted by molar-refractivity contribution is -0.134. The molecular weight excluding hydrogens is 458 g/mol. The number of carbonyl (C=O) groups is 2. The number of nitrogens with zero attached hydrogens (tertiary/aromatic N) is 2. The van der Waals surface area contributed by atoms with Crippen LogP contribution in [-0.2, 0) is 9.59 Å². The Hall–Kier alpha value is -4.33. The van der Waals surface area contributed by atoms with Crippen molar-refractivity contribution in [3.05, 3.63) is 83.9 Å². The van der Waals surface area contributed by atoms with Crippen LogP contribution in [0.5, 0.6) is 17.2 Å². The Morgan fingerprint density at radius 3 is 2.11 bits per heavy atom. The van der Waals surface area contributed by atoms with Crippen molar-refractivity contribution in [2.45, 2.75) is 25.3 Å². The lowest BCUT2D eigenvalue weighted by Gasteiger charge is -2.22. The molecule has 8 heteroatoms. The van der Waals surface area contributed by atoms with Gasteiger partial charge in [0.05, 0.1) is 33.1 Å². The van der Waals surface area contributed by atoms with Crippen LogP contribution in [0, 0.1) is 0 Å². The van der Waals surface area contributed by atoms with Gasteiger partial charge in [0.1, 0.15) is 17.2 Å². The molecule has 0 spiro atoms. The molecule has 1 N–H and O–H groups in total. The van der Waals surface area contributed by atoms with Gasteiger partial charge in [-0.1, -0.05) is 42.5 Å². The van der Waals surface area contributed by atoms with Gasteiger partial charge in [-0.2, -0.15) is 5.10 Å². The summed E-state index contributed by atoms with van der Waals surface area (Å²) in [5, 5.41) is 8.98. The summed E-state index contributed by atoms with van der Waals surface area (Å²) < 4.78 is 15.8. The fraction of sp³-hybridized carbons (Fsp3) is 0.250. The summed E-state index contributed by atoms with van der Waals surface area (Å²) in [6.07, 6.45) is 0.615. The third kappa shape index (κ3) is 5.83. The fourth-order valence-electron chi connectivity index (χ4n) is 4.07. The van der Waals surface area contributed by atoms with Crippen LogP contribution < -0.4 is 19.5 Å². The minimum absolute atomic E-state index is 0.0143. The van der Waals surface area contributed by atoms with E-state index in [4.69, 9.17) is 14.2 Å². The van der Waals surface area contributed by atoms with E-state index in [0.717, 1.165) is 22.6 Å². The van der Waals surface area contributed by atoms with E-state index in [-0.39, 0.29) is 30.7 Å². The topological polar surface area (TPSA) is 89.5 Å². The number of amides is 2. The van der Waals surface area contributed by atoms with Crippen LogP contribution in [0.25, 0.3) is 0 Å². The Morgan fingerprint density at radius 2 is 1.50 bits per heavy atom. The Balaban J connectivity index is 1.47. The van der Waals surface area contributed by atoms with Crippen LogP contribution in [-0.4, -0.2) is 43.9 Å². The summed E-state index contributed by atoms with van der Waals surface area (Å²) in [4.78, 5) is 25.9. The standard InChI is InChI=1S/C28H29N3O5/c1-34-22-11-9-20(10-12-22)26-18-25(19-7-5-4-6-8-19)30-31(26)28(33)14-13-27(32)29-21-15-23(35-2)17-24(16-21)36-3/h4-12,15-17,26H,13-14,18H2,1-3H3,(H,29,32). The fourth-order valence-corrected chi connectivity index (χ4v) is 4.07. The molecule has 0 aromatic heterocycles. The molecule has 3 aromatic carbocycles. The van der Waals surface area contributed by atoms with E-state index in [2.05, 4.69) is 10.4 Å². The number of carbonyl (C=O) groups excluding carboxylic acids is 2. The van der Waals surface area contributed by atoms with Gasteiger partial charge < -0.3 is 19.5 Å². The van der Waals surface area contributed by atoms with Crippen molar-refractivity contribution in [3.8, 4) is 17.2 Å². The predicted octanol–water partition coefficient (Wildman–Crippen LogP) is 4.81. The second-order valence-corrected chi connectivity index (χ2v) is 8.29. The summed E-state index contributed by atoms with van der Waals surface area (Å²) in [7, 11) is 4.70. The van der Waals surface area contributed by atoms with Crippen LogP contribution in [0.2, 0.25) is 0 Å². The van der Waals surface area contributed by atoms with Gasteiger partial charge in [-0.25, -0.2) is 5.01 Å². The van der Waals surface area contributed by atoms with Crippen LogP contribution in [0.4, 0.5) is 5.69 Å². The number of ether oxygens (including phenoxy) is 3. The molecule has 8 nitrogen and oxygen atoms in total. The minimum Gasteiger partial charge on any atom is -0.497 e. The van der Waals surface area contributed by atoms with Crippen molar-refractivity contribution in [1.29, 1.82) is 0 Å². The maximum absolute atomic E-state index is 13.3. The third-order valence-electron chi connectivity index (χ3n) is 5.97. The molecule has 0 aliphatic carbocycles. The molecule has 0 bridgehead atoms. The molecule has 0 saturated heterocycles. The molecule has 1 atom stereocenters. The first-order valence-corrected chi connectivity index (χ1v) is 11.6. The number of hydrogen-bond donors (Lipinski definition) is 1. The van der Waals surface area contributed by atoms with Crippen molar-refractivity contribution in [2.24, 2.45) is 5.10 Å². The molecule has 1 unspecified atom stereocenters. The van der Waals surface area contributed by atoms with Gasteiger partial charge in [0, 0.05) is 43.1 Å². The summed E-state index contributed by atoms with van der Waals surface area (Å²) in [6, 6.07) is 22.3. The van der Waals surface area contributed by atoms with E-state index in [1.54, 1.807) is 39.5 Å². The minimum atomic E-state index is -0.286. The first-order valence-electron chi connectivity index (χ1n) is 11.6. The molecule has 0 saturated carbocycles. The summed E-state index contributed by atoms with van der Waals surface area (Å²) in [5.41, 5.74) is 3.28. The SMILES string of the molecule is COc1ccc(C2CC(c3ccccc3)=NN2C(=O)CCC(=O)Nc2cc(OC)cc(OC)c2)cc1. The lowest BCUT2D eigenvalue weighted by Crippen LogP contribution is -2.28. The molecule has 4 rings (SSSR count). The van der Waals surface area contributed by atoms with E-state index >= 15 is 0 Å². The van der Waals surface area contributed by atoms with Crippen LogP contribution in [0.3, 0.4) is 0 Å². The smallest absolute Gasteiger partial charge is 0.243 e. The summed E-state index contributed by atoms with van der Waals surface area (Å²) >= 11 is 0. The largest absolute Gasteiger partial charge is 0.497 e. The number of rotatable bonds is 9. The molecule has 0 fully saturated rings. The van der Waals surface area contributed by atoms with Gasteiger partial charge in [0.25, 0.3) is 0 Å². The first kappa shape index (κ1) is 24.8. The Bertz CT molecular complexity index is 1220. The third-order valence-corrected chi connectivity index (χ3v) is 5.97. The molecule has 3 aromatic rings. The Labute approximate surface area is 210 Å². The molecule has 0 radical (unpaired) electrons. The van der Waals surface area contributed by atoms with Crippen molar-refractivity contribution in [2.75, 3.05) is 26.6 Å². The highest BCUT2D eigenvalue weighted by atomic mass is 16.5. The van der Waals surface area contributed by atoms with E-state index in [9.17, 15) is 9.59 Å². The zero-order chi connectivity index (χ0) is 25.5. The number of benzene rings is 3. The Morgan fingerprint density at radius 1 is 0.861 bits per heavy atom. The second-order valence-electron chi connectivity index (χ2n) is 8.29. The van der Waals surface area contributed by atoms with Gasteiger partial charge in [-0.3, -0.25) is 9.59 Å². The highest BCUT2D eigenvalue weighted by molar-refractivity contribution is 6.03. The van der Waals surface area contributed by atoms with Gasteiger partial charge >= 0.3 is 0 Å². The summed E-state index contributed by atoms with van der Waals surface area (Å²) in [6.45, 7) is 0. The van der Waals surface area contributed by atoms with Crippen LogP contribution in [0.1, 0.15) is 36.4 Å². The van der Waals surface area contributed by atoms with Crippen molar-refractivity contribution < 1.29 is 23.8 Å². The number of nitrogens with one attached hydrogen (secondary N) is 1. The van der Waals surface area contributed by atoms with Crippen molar-refractivity contribution in [1.82, 2.24) is 5.01 Å². The average molecular weight is 488 g/mol. The lowest BCUT2D eigenvalue weighted by atomic mass is 9.98. The second kappa shape index (κ2) is 11.4. The average Bonchev–Trinajstić information content (AvgIpc) is 3.37. The molecule has 36 heavy (non-hydrogen) atoms.